The van der Waals surface area contributed by atoms with Crippen molar-refractivity contribution in [3.05, 3.63) is 45.1 Å². The van der Waals surface area contributed by atoms with Crippen LogP contribution < -0.4 is 10.1 Å². The average molecular weight is 356 g/mol. The molecular weight excluding hydrogens is 342 g/mol. The molecule has 7 nitrogen and oxygen atoms in total. The van der Waals surface area contributed by atoms with Crippen LogP contribution in [0.4, 0.5) is 10.1 Å². The molecule has 0 bridgehead atoms. The maximum atomic E-state index is 11.7. The number of nitrogens with one attached hydrogen (secondary N) is 1. The van der Waals surface area contributed by atoms with Crippen LogP contribution >= 0.6 is 22.9 Å². The van der Waals surface area contributed by atoms with Crippen LogP contribution in [0, 0.1) is 17.0 Å². The number of carbonyl (C=O) groups is 1. The number of halogens is 1. The number of rotatable bonds is 7. The maximum Gasteiger partial charge on any atom is 0.345 e. The van der Waals surface area contributed by atoms with E-state index in [1.807, 2.05) is 6.92 Å². The van der Waals surface area contributed by atoms with Gasteiger partial charge in [0, 0.05) is 11.4 Å². The number of thiazole rings is 1. The lowest BCUT2D eigenvalue weighted by molar-refractivity contribution is -0.380. The van der Waals surface area contributed by atoms with Crippen LogP contribution in [0.5, 0.6) is 5.75 Å². The Balaban J connectivity index is 1.73. The number of nitro groups is 1. The number of ether oxygens (including phenoxy) is 1. The molecule has 2 rings (SSSR count). The number of hydrogen-bond acceptors (Lipinski definition) is 6. The predicted octanol–water partition coefficient (Wildman–Crippen LogP) is 3.81. The van der Waals surface area contributed by atoms with Crippen molar-refractivity contribution in [3.8, 4) is 5.75 Å². The number of aryl methyl sites for hydroxylation is 1. The van der Waals surface area contributed by atoms with Crippen LogP contribution in [0.15, 0.2) is 24.4 Å². The molecule has 23 heavy (non-hydrogen) atoms. The molecule has 0 aliphatic rings. The molecule has 0 aliphatic heterocycles. The molecule has 0 atom stereocenters. The summed E-state index contributed by atoms with van der Waals surface area (Å²) in [7, 11) is 0. The summed E-state index contributed by atoms with van der Waals surface area (Å²) < 4.78 is 5.59. The summed E-state index contributed by atoms with van der Waals surface area (Å²) in [5.41, 5.74) is 0.928. The van der Waals surface area contributed by atoms with Gasteiger partial charge in [0.15, 0.2) is 5.13 Å². The number of carbonyl (C=O) groups excluding carboxylic acids is 1. The van der Waals surface area contributed by atoms with Gasteiger partial charge in [0.05, 0.1) is 11.5 Å². The van der Waals surface area contributed by atoms with E-state index in [-0.39, 0.29) is 22.5 Å². The van der Waals surface area contributed by atoms with Crippen molar-refractivity contribution in [2.45, 2.75) is 19.8 Å². The Bertz CT molecular complexity index is 720. The molecule has 0 radical (unpaired) electrons. The highest BCUT2D eigenvalue weighted by Gasteiger charge is 2.13. The molecule has 1 aromatic carbocycles. The van der Waals surface area contributed by atoms with Crippen molar-refractivity contribution in [2.24, 2.45) is 0 Å². The molecule has 0 fully saturated rings. The van der Waals surface area contributed by atoms with E-state index in [2.05, 4.69) is 10.3 Å². The fraction of sp³-hybridized carbons (Fsp3) is 0.286. The highest BCUT2D eigenvalue weighted by molar-refractivity contribution is 7.18. The first-order valence-corrected chi connectivity index (χ1v) is 7.94. The van der Waals surface area contributed by atoms with Crippen LogP contribution in [-0.2, 0) is 4.79 Å². The lowest BCUT2D eigenvalue weighted by Gasteiger charge is -2.09. The fourth-order valence-corrected chi connectivity index (χ4v) is 2.65. The zero-order chi connectivity index (χ0) is 16.8. The molecule has 0 spiro atoms. The van der Waals surface area contributed by atoms with Gasteiger partial charge in [0.2, 0.25) is 5.91 Å². The number of nitrogens with zero attached hydrogens (tertiary/aromatic N) is 2. The standard InChI is InChI=1S/C14H14ClN3O4S/c1-9-7-10(15)4-5-11(9)22-6-2-3-12(19)17-14-16-8-13(23-14)18(20)21/h4-5,7-8H,2-3,6H2,1H3,(H,16,17,19). The van der Waals surface area contributed by atoms with E-state index in [1.54, 1.807) is 18.2 Å². The number of aromatic nitrogens is 1. The van der Waals surface area contributed by atoms with Gasteiger partial charge in [0.1, 0.15) is 11.9 Å². The quantitative estimate of drug-likeness (QED) is 0.463. The van der Waals surface area contributed by atoms with Crippen molar-refractivity contribution < 1.29 is 14.5 Å². The van der Waals surface area contributed by atoms with Gasteiger partial charge in [-0.05, 0) is 48.4 Å². The molecule has 2 aromatic rings. The molecule has 0 saturated heterocycles. The van der Waals surface area contributed by atoms with Gasteiger partial charge in [-0.15, -0.1) is 0 Å². The Morgan fingerprint density at radius 3 is 2.96 bits per heavy atom. The Labute approximate surface area is 141 Å². The predicted molar refractivity (Wildman–Crippen MR) is 88.3 cm³/mol. The molecule has 1 N–H and O–H groups in total. The van der Waals surface area contributed by atoms with E-state index >= 15 is 0 Å². The highest BCUT2D eigenvalue weighted by Crippen LogP contribution is 2.25. The lowest BCUT2D eigenvalue weighted by atomic mass is 10.2. The van der Waals surface area contributed by atoms with E-state index in [0.29, 0.717) is 18.1 Å². The lowest BCUT2D eigenvalue weighted by Crippen LogP contribution is -2.12. The minimum atomic E-state index is -0.546. The van der Waals surface area contributed by atoms with Crippen molar-refractivity contribution in [2.75, 3.05) is 11.9 Å². The normalized spacial score (nSPS) is 10.3. The number of hydrogen-bond donors (Lipinski definition) is 1. The molecular formula is C14H14ClN3O4S. The minimum Gasteiger partial charge on any atom is -0.493 e. The van der Waals surface area contributed by atoms with Gasteiger partial charge in [0.25, 0.3) is 0 Å². The third kappa shape index (κ3) is 5.19. The Kier molecular flexibility index (Phi) is 5.89. The third-order valence-electron chi connectivity index (χ3n) is 2.86. The minimum absolute atomic E-state index is 0.109. The summed E-state index contributed by atoms with van der Waals surface area (Å²) in [5.74, 6) is 0.469. The topological polar surface area (TPSA) is 94.4 Å². The average Bonchev–Trinajstić information content (AvgIpc) is 2.94. The smallest absolute Gasteiger partial charge is 0.345 e. The summed E-state index contributed by atoms with van der Waals surface area (Å²) in [6.45, 7) is 2.27. The molecule has 122 valence electrons. The fourth-order valence-electron chi connectivity index (χ4n) is 1.78. The Morgan fingerprint density at radius 2 is 2.30 bits per heavy atom. The first-order valence-electron chi connectivity index (χ1n) is 6.74. The molecule has 1 heterocycles. The van der Waals surface area contributed by atoms with Crippen molar-refractivity contribution in [1.82, 2.24) is 4.98 Å². The summed E-state index contributed by atoms with van der Waals surface area (Å²) in [6.07, 6.45) is 1.87. The number of anilines is 1. The van der Waals surface area contributed by atoms with Crippen LogP contribution in [0.1, 0.15) is 18.4 Å². The number of amides is 1. The molecule has 0 saturated carbocycles. The highest BCUT2D eigenvalue weighted by atomic mass is 35.5. The van der Waals surface area contributed by atoms with Gasteiger partial charge in [-0.3, -0.25) is 14.9 Å². The second-order valence-corrected chi connectivity index (χ2v) is 6.12. The van der Waals surface area contributed by atoms with Gasteiger partial charge >= 0.3 is 5.00 Å². The zero-order valence-electron chi connectivity index (χ0n) is 12.2. The van der Waals surface area contributed by atoms with Crippen molar-refractivity contribution in [3.63, 3.8) is 0 Å². The van der Waals surface area contributed by atoms with Gasteiger partial charge in [-0.25, -0.2) is 4.98 Å². The van der Waals surface area contributed by atoms with Gasteiger partial charge in [-0.2, -0.15) is 0 Å². The largest absolute Gasteiger partial charge is 0.493 e. The van der Waals surface area contributed by atoms with Crippen LogP contribution in [0.2, 0.25) is 5.02 Å². The van der Waals surface area contributed by atoms with Crippen molar-refractivity contribution in [1.29, 1.82) is 0 Å². The van der Waals surface area contributed by atoms with E-state index < -0.39 is 4.92 Å². The molecule has 9 heteroatoms. The van der Waals surface area contributed by atoms with E-state index in [0.717, 1.165) is 28.8 Å². The second kappa shape index (κ2) is 7.89. The zero-order valence-corrected chi connectivity index (χ0v) is 13.8. The van der Waals surface area contributed by atoms with Gasteiger partial charge in [-0.1, -0.05) is 11.6 Å². The first kappa shape index (κ1) is 17.2. The SMILES string of the molecule is Cc1cc(Cl)ccc1OCCCC(=O)Nc1ncc([N+](=O)[O-])s1. The van der Waals surface area contributed by atoms with Crippen LogP contribution in [0.25, 0.3) is 0 Å². The summed E-state index contributed by atoms with van der Waals surface area (Å²) in [5, 5.41) is 13.8. The van der Waals surface area contributed by atoms with Crippen LogP contribution in [0.3, 0.4) is 0 Å². The van der Waals surface area contributed by atoms with E-state index in [4.69, 9.17) is 16.3 Å². The first-order chi connectivity index (χ1) is 11.0. The van der Waals surface area contributed by atoms with E-state index in [9.17, 15) is 14.9 Å². The third-order valence-corrected chi connectivity index (χ3v) is 3.96. The van der Waals surface area contributed by atoms with Crippen molar-refractivity contribution >= 4 is 39.0 Å². The Hall–Kier alpha value is -2.19. The summed E-state index contributed by atoms with van der Waals surface area (Å²) in [4.78, 5) is 25.5. The van der Waals surface area contributed by atoms with E-state index in [1.165, 1.54) is 0 Å². The molecule has 1 aromatic heterocycles. The summed E-state index contributed by atoms with van der Waals surface area (Å²) >= 11 is 6.69. The molecule has 0 unspecified atom stereocenters. The monoisotopic (exact) mass is 355 g/mol. The molecule has 0 aliphatic carbocycles. The van der Waals surface area contributed by atoms with Gasteiger partial charge < -0.3 is 10.1 Å². The number of benzene rings is 1. The maximum absolute atomic E-state index is 11.7. The Morgan fingerprint density at radius 1 is 1.52 bits per heavy atom. The molecule has 1 amide bonds. The second-order valence-electron chi connectivity index (χ2n) is 4.67. The summed E-state index contributed by atoms with van der Waals surface area (Å²) in [6, 6.07) is 5.33. The van der Waals surface area contributed by atoms with Crippen LogP contribution in [-0.4, -0.2) is 22.4 Å².